The van der Waals surface area contributed by atoms with Crippen LogP contribution in [0, 0.1) is 0 Å². The zero-order chi connectivity index (χ0) is 12.3. The Kier molecular flexibility index (Phi) is 4.64. The molecule has 1 fully saturated rings. The second kappa shape index (κ2) is 5.38. The molecule has 0 bridgehead atoms. The lowest BCUT2D eigenvalue weighted by Gasteiger charge is -2.29. The van der Waals surface area contributed by atoms with Crippen LogP contribution in [0.2, 0.25) is 0 Å². The fraction of sp³-hybridized carbons (Fsp3) is 0.909. The fourth-order valence-corrected chi connectivity index (χ4v) is 2.84. The zero-order valence-corrected chi connectivity index (χ0v) is 10.9. The van der Waals surface area contributed by atoms with E-state index in [9.17, 15) is 4.79 Å². The highest BCUT2D eigenvalue weighted by molar-refractivity contribution is 8.00. The van der Waals surface area contributed by atoms with Gasteiger partial charge in [-0.2, -0.15) is 11.8 Å². The Hall–Kier alpha value is -0.260. The average Bonchev–Trinajstić information content (AvgIpc) is 2.60. The Balaban J connectivity index is 2.38. The van der Waals surface area contributed by atoms with Crippen LogP contribution in [0.3, 0.4) is 0 Å². The highest BCUT2D eigenvalue weighted by Gasteiger charge is 2.34. The monoisotopic (exact) mass is 247 g/mol. The van der Waals surface area contributed by atoms with E-state index < -0.39 is 16.8 Å². The molecule has 0 aromatic heterocycles. The van der Waals surface area contributed by atoms with Gasteiger partial charge in [0.05, 0.1) is 12.2 Å². The van der Waals surface area contributed by atoms with Gasteiger partial charge >= 0.3 is 5.97 Å². The number of hydrogen-bond donors (Lipinski definition) is 2. The highest BCUT2D eigenvalue weighted by Crippen LogP contribution is 2.31. The molecule has 1 aliphatic heterocycles. The van der Waals surface area contributed by atoms with Gasteiger partial charge in [-0.15, -0.1) is 0 Å². The Morgan fingerprint density at radius 3 is 2.69 bits per heavy atom. The number of thioether (sulfide) groups is 1. The number of ether oxygens (including phenoxy) is 1. The number of hydrogen-bond acceptors (Lipinski definition) is 4. The lowest BCUT2D eigenvalue weighted by Crippen LogP contribution is -2.47. The molecule has 1 rings (SSSR count). The number of carbonyl (C=O) groups is 1. The SMILES string of the molecule is CC1CCC(CSC(C)(C)[C@H](N)C(=O)O)O1. The van der Waals surface area contributed by atoms with Crippen LogP contribution in [-0.2, 0) is 9.53 Å². The highest BCUT2D eigenvalue weighted by atomic mass is 32.2. The molecule has 94 valence electrons. The molecule has 2 unspecified atom stereocenters. The first-order chi connectivity index (χ1) is 7.33. The maximum Gasteiger partial charge on any atom is 0.321 e. The molecular formula is C11H21NO3S. The second-order valence-corrected chi connectivity index (χ2v) is 6.55. The maximum atomic E-state index is 10.8. The van der Waals surface area contributed by atoms with Crippen molar-refractivity contribution < 1.29 is 14.6 Å². The molecule has 4 nitrogen and oxygen atoms in total. The quantitative estimate of drug-likeness (QED) is 0.770. The zero-order valence-electron chi connectivity index (χ0n) is 10.1. The third-order valence-electron chi connectivity index (χ3n) is 2.98. The van der Waals surface area contributed by atoms with E-state index in [4.69, 9.17) is 15.6 Å². The van der Waals surface area contributed by atoms with Gasteiger partial charge < -0.3 is 15.6 Å². The van der Waals surface area contributed by atoms with E-state index in [1.54, 1.807) is 11.8 Å². The Labute approximate surface area is 101 Å². The van der Waals surface area contributed by atoms with Crippen LogP contribution in [0.15, 0.2) is 0 Å². The maximum absolute atomic E-state index is 10.8. The van der Waals surface area contributed by atoms with E-state index in [0.717, 1.165) is 18.6 Å². The van der Waals surface area contributed by atoms with Crippen molar-refractivity contribution >= 4 is 17.7 Å². The lowest BCUT2D eigenvalue weighted by atomic mass is 10.1. The summed E-state index contributed by atoms with van der Waals surface area (Å²) in [4.78, 5) is 10.8. The molecule has 3 N–H and O–H groups in total. The summed E-state index contributed by atoms with van der Waals surface area (Å²) in [5, 5.41) is 8.88. The molecule has 1 aliphatic rings. The van der Waals surface area contributed by atoms with E-state index in [1.165, 1.54) is 0 Å². The van der Waals surface area contributed by atoms with Crippen molar-refractivity contribution in [3.8, 4) is 0 Å². The van der Waals surface area contributed by atoms with Crippen LogP contribution in [0.1, 0.15) is 33.6 Å². The van der Waals surface area contributed by atoms with Gasteiger partial charge in [-0.25, -0.2) is 0 Å². The number of carboxylic acid groups (broad SMARTS) is 1. The molecule has 5 heteroatoms. The Morgan fingerprint density at radius 2 is 2.25 bits per heavy atom. The van der Waals surface area contributed by atoms with E-state index in [0.29, 0.717) is 6.10 Å². The van der Waals surface area contributed by atoms with E-state index >= 15 is 0 Å². The van der Waals surface area contributed by atoms with Gasteiger partial charge in [-0.3, -0.25) is 4.79 Å². The van der Waals surface area contributed by atoms with Crippen molar-refractivity contribution in [1.29, 1.82) is 0 Å². The van der Waals surface area contributed by atoms with Crippen LogP contribution >= 0.6 is 11.8 Å². The summed E-state index contributed by atoms with van der Waals surface area (Å²) in [6.45, 7) is 5.81. The first-order valence-electron chi connectivity index (χ1n) is 5.60. The standard InChI is InChI=1S/C11H21NO3S/c1-7-4-5-8(15-7)6-16-11(2,3)9(12)10(13)14/h7-9H,4-6,12H2,1-3H3,(H,13,14)/t7?,8?,9-/m1/s1. The first kappa shape index (κ1) is 13.8. The number of carboxylic acids is 1. The summed E-state index contributed by atoms with van der Waals surface area (Å²) in [7, 11) is 0. The van der Waals surface area contributed by atoms with Gasteiger partial charge in [0.25, 0.3) is 0 Å². The topological polar surface area (TPSA) is 72.6 Å². The summed E-state index contributed by atoms with van der Waals surface area (Å²) in [5.41, 5.74) is 5.65. The number of aliphatic carboxylic acids is 1. The first-order valence-corrected chi connectivity index (χ1v) is 6.59. The van der Waals surface area contributed by atoms with Gasteiger partial charge in [-0.1, -0.05) is 0 Å². The minimum Gasteiger partial charge on any atom is -0.480 e. The molecule has 0 amide bonds. The van der Waals surface area contributed by atoms with Gasteiger partial charge in [-0.05, 0) is 33.6 Å². The molecule has 16 heavy (non-hydrogen) atoms. The van der Waals surface area contributed by atoms with Crippen molar-refractivity contribution in [1.82, 2.24) is 0 Å². The summed E-state index contributed by atoms with van der Waals surface area (Å²) >= 11 is 1.58. The third-order valence-corrected chi connectivity index (χ3v) is 4.51. The van der Waals surface area contributed by atoms with Gasteiger partial charge in [0, 0.05) is 10.5 Å². The summed E-state index contributed by atoms with van der Waals surface area (Å²) in [5.74, 6) is -0.128. The van der Waals surface area contributed by atoms with Crippen molar-refractivity contribution in [3.63, 3.8) is 0 Å². The number of nitrogens with two attached hydrogens (primary N) is 1. The predicted octanol–water partition coefficient (Wildman–Crippen LogP) is 1.48. The van der Waals surface area contributed by atoms with E-state index in [1.807, 2.05) is 13.8 Å². The molecule has 0 radical (unpaired) electrons. The summed E-state index contributed by atoms with van der Waals surface area (Å²) in [6, 6.07) is -0.837. The largest absolute Gasteiger partial charge is 0.480 e. The van der Waals surface area contributed by atoms with Gasteiger partial charge in [0.15, 0.2) is 0 Å². The third kappa shape index (κ3) is 3.64. The molecule has 0 aromatic carbocycles. The van der Waals surface area contributed by atoms with Crippen LogP contribution in [0.25, 0.3) is 0 Å². The molecule has 0 spiro atoms. The second-order valence-electron chi connectivity index (χ2n) is 4.88. The van der Waals surface area contributed by atoms with E-state index in [2.05, 4.69) is 6.92 Å². The van der Waals surface area contributed by atoms with Crippen LogP contribution in [-0.4, -0.2) is 39.8 Å². The van der Waals surface area contributed by atoms with Gasteiger partial charge in [0.2, 0.25) is 0 Å². The van der Waals surface area contributed by atoms with Crippen molar-refractivity contribution in [2.75, 3.05) is 5.75 Å². The molecular weight excluding hydrogens is 226 g/mol. The minimum atomic E-state index is -0.946. The Morgan fingerprint density at radius 1 is 1.62 bits per heavy atom. The van der Waals surface area contributed by atoms with Gasteiger partial charge in [0.1, 0.15) is 6.04 Å². The fourth-order valence-electron chi connectivity index (χ4n) is 1.70. The molecule has 0 aromatic rings. The molecule has 0 aliphatic carbocycles. The molecule has 1 heterocycles. The average molecular weight is 247 g/mol. The Bertz CT molecular complexity index is 258. The smallest absolute Gasteiger partial charge is 0.321 e. The van der Waals surface area contributed by atoms with Crippen molar-refractivity contribution in [2.24, 2.45) is 5.73 Å². The molecule has 3 atom stereocenters. The van der Waals surface area contributed by atoms with Crippen molar-refractivity contribution in [3.05, 3.63) is 0 Å². The number of rotatable bonds is 5. The predicted molar refractivity (Wildman–Crippen MR) is 65.7 cm³/mol. The molecule has 0 saturated carbocycles. The van der Waals surface area contributed by atoms with Crippen LogP contribution in [0.4, 0.5) is 0 Å². The molecule has 1 saturated heterocycles. The van der Waals surface area contributed by atoms with Crippen LogP contribution in [0.5, 0.6) is 0 Å². The van der Waals surface area contributed by atoms with E-state index in [-0.39, 0.29) is 6.10 Å². The summed E-state index contributed by atoms with van der Waals surface area (Å²) in [6.07, 6.45) is 2.74. The minimum absolute atomic E-state index is 0.250. The van der Waals surface area contributed by atoms with Crippen molar-refractivity contribution in [2.45, 2.75) is 56.6 Å². The normalized spacial score (nSPS) is 28.0. The lowest BCUT2D eigenvalue weighted by molar-refractivity contribution is -0.139. The summed E-state index contributed by atoms with van der Waals surface area (Å²) < 4.78 is 5.23. The van der Waals surface area contributed by atoms with Crippen LogP contribution < -0.4 is 5.73 Å².